The fourth-order valence-electron chi connectivity index (χ4n) is 1.82. The van der Waals surface area contributed by atoms with Gasteiger partial charge in [-0.2, -0.15) is 13.2 Å². The Bertz CT molecular complexity index is 661. The van der Waals surface area contributed by atoms with E-state index in [0.717, 1.165) is 16.7 Å². The van der Waals surface area contributed by atoms with E-state index in [0.29, 0.717) is 30.5 Å². The van der Waals surface area contributed by atoms with Gasteiger partial charge in [-0.15, -0.1) is 22.7 Å². The number of aliphatic imine (C=N–C) groups is 1. The van der Waals surface area contributed by atoms with Crippen LogP contribution in [0.2, 0.25) is 0 Å². The lowest BCUT2D eigenvalue weighted by molar-refractivity contribution is -0.140. The van der Waals surface area contributed by atoms with Crippen LogP contribution in [0.1, 0.15) is 20.5 Å². The minimum absolute atomic E-state index is 0.416. The number of guanidine groups is 1. The van der Waals surface area contributed by atoms with Crippen LogP contribution >= 0.6 is 22.7 Å². The average Bonchev–Trinajstić information content (AvgIpc) is 3.11. The number of thiophene rings is 1. The first-order valence-corrected chi connectivity index (χ1v) is 8.59. The number of nitrogens with one attached hydrogen (secondary N) is 2. The maximum absolute atomic E-state index is 12.5. The van der Waals surface area contributed by atoms with E-state index in [2.05, 4.69) is 32.7 Å². The molecule has 0 aliphatic carbocycles. The number of aryl methyl sites for hydroxylation is 1. The summed E-state index contributed by atoms with van der Waals surface area (Å²) >= 11 is 2.72. The van der Waals surface area contributed by atoms with Crippen LogP contribution in [0.25, 0.3) is 0 Å². The van der Waals surface area contributed by atoms with Gasteiger partial charge >= 0.3 is 6.18 Å². The third kappa shape index (κ3) is 5.51. The molecule has 0 radical (unpaired) electrons. The summed E-state index contributed by atoms with van der Waals surface area (Å²) in [6, 6.07) is 4.10. The molecule has 0 amide bonds. The molecule has 0 atom stereocenters. The Labute approximate surface area is 140 Å². The molecule has 2 heterocycles. The number of aromatic nitrogens is 1. The Morgan fingerprint density at radius 3 is 2.65 bits per heavy atom. The summed E-state index contributed by atoms with van der Waals surface area (Å²) in [7, 11) is 1.65. The first-order chi connectivity index (χ1) is 10.9. The van der Waals surface area contributed by atoms with Crippen LogP contribution in [0.15, 0.2) is 22.5 Å². The molecule has 2 aromatic rings. The fraction of sp³-hybridized carbons (Fsp3) is 0.429. The zero-order valence-electron chi connectivity index (χ0n) is 12.7. The molecule has 0 unspecified atom stereocenters. The maximum atomic E-state index is 12.5. The molecule has 0 spiro atoms. The molecule has 2 N–H and O–H groups in total. The predicted molar refractivity (Wildman–Crippen MR) is 88.1 cm³/mol. The highest BCUT2D eigenvalue weighted by Gasteiger charge is 2.33. The number of halogens is 3. The highest BCUT2D eigenvalue weighted by atomic mass is 32.1. The summed E-state index contributed by atoms with van der Waals surface area (Å²) in [5.41, 5.74) is -0.826. The van der Waals surface area contributed by atoms with Crippen molar-refractivity contribution in [3.8, 4) is 0 Å². The van der Waals surface area contributed by atoms with Crippen LogP contribution in [0.5, 0.6) is 0 Å². The number of alkyl halides is 3. The van der Waals surface area contributed by atoms with Crippen LogP contribution in [-0.2, 0) is 19.1 Å². The minimum atomic E-state index is -4.38. The molecule has 23 heavy (non-hydrogen) atoms. The van der Waals surface area contributed by atoms with E-state index in [1.54, 1.807) is 18.4 Å². The molecule has 9 heteroatoms. The highest BCUT2D eigenvalue weighted by molar-refractivity contribution is 7.11. The number of nitrogens with zero attached hydrogens (tertiary/aromatic N) is 2. The van der Waals surface area contributed by atoms with E-state index in [1.165, 1.54) is 9.75 Å². The lowest BCUT2D eigenvalue weighted by Crippen LogP contribution is -2.37. The minimum Gasteiger partial charge on any atom is -0.356 e. The summed E-state index contributed by atoms with van der Waals surface area (Å²) in [6.45, 7) is 3.17. The third-order valence-corrected chi connectivity index (χ3v) is 4.83. The fourth-order valence-corrected chi connectivity index (χ4v) is 3.45. The van der Waals surface area contributed by atoms with E-state index < -0.39 is 11.9 Å². The quantitative estimate of drug-likeness (QED) is 0.633. The molecule has 0 aromatic carbocycles. The standard InChI is InChI=1S/C14H17F3N4S2/c1-9-3-4-10(23-9)7-20-13(18-2)19-6-5-12-21-11(8-22-12)14(15,16)17/h3-4,8H,5-7H2,1-2H3,(H2,18,19,20). The van der Waals surface area contributed by atoms with Gasteiger partial charge in [-0.3, -0.25) is 4.99 Å². The molecule has 4 nitrogen and oxygen atoms in total. The van der Waals surface area contributed by atoms with Crippen molar-refractivity contribution in [2.24, 2.45) is 4.99 Å². The van der Waals surface area contributed by atoms with Crippen LogP contribution in [0.4, 0.5) is 13.2 Å². The number of rotatable bonds is 5. The SMILES string of the molecule is CN=C(NCCc1nc(C(F)(F)F)cs1)NCc1ccc(C)s1. The van der Waals surface area contributed by atoms with Gasteiger partial charge in [0.25, 0.3) is 0 Å². The summed E-state index contributed by atoms with van der Waals surface area (Å²) in [4.78, 5) is 10.1. The first-order valence-electron chi connectivity index (χ1n) is 6.90. The Hall–Kier alpha value is -1.61. The Morgan fingerprint density at radius 2 is 2.09 bits per heavy atom. The second-order valence-electron chi connectivity index (χ2n) is 4.74. The first kappa shape index (κ1) is 17.7. The molecule has 0 saturated heterocycles. The van der Waals surface area contributed by atoms with E-state index in [1.807, 2.05) is 6.92 Å². The van der Waals surface area contributed by atoms with Crippen molar-refractivity contribution < 1.29 is 13.2 Å². The van der Waals surface area contributed by atoms with E-state index in [9.17, 15) is 13.2 Å². The number of hydrogen-bond donors (Lipinski definition) is 2. The van der Waals surface area contributed by atoms with Crippen LogP contribution in [0.3, 0.4) is 0 Å². The van der Waals surface area contributed by atoms with Crippen molar-refractivity contribution in [1.29, 1.82) is 0 Å². The van der Waals surface area contributed by atoms with Crippen molar-refractivity contribution >= 4 is 28.6 Å². The predicted octanol–water partition coefficient (Wildman–Crippen LogP) is 3.44. The van der Waals surface area contributed by atoms with Crippen molar-refractivity contribution in [2.45, 2.75) is 26.1 Å². The Balaban J connectivity index is 1.76. The zero-order chi connectivity index (χ0) is 16.9. The van der Waals surface area contributed by atoms with Gasteiger partial charge in [-0.1, -0.05) is 0 Å². The molecule has 2 rings (SSSR count). The molecular weight excluding hydrogens is 345 g/mol. The van der Waals surface area contributed by atoms with Gasteiger partial charge in [0.05, 0.1) is 11.6 Å². The van der Waals surface area contributed by atoms with Crippen molar-refractivity contribution in [2.75, 3.05) is 13.6 Å². The van der Waals surface area contributed by atoms with Gasteiger partial charge < -0.3 is 10.6 Å². The smallest absolute Gasteiger partial charge is 0.356 e. The van der Waals surface area contributed by atoms with Crippen molar-refractivity contribution in [3.05, 3.63) is 38.0 Å². The molecule has 0 saturated carbocycles. The average molecular weight is 362 g/mol. The molecule has 2 aromatic heterocycles. The maximum Gasteiger partial charge on any atom is 0.434 e. The molecule has 0 aliphatic heterocycles. The van der Waals surface area contributed by atoms with E-state index in [-0.39, 0.29) is 0 Å². The number of hydrogen-bond acceptors (Lipinski definition) is 4. The second kappa shape index (κ2) is 7.78. The summed E-state index contributed by atoms with van der Waals surface area (Å²) in [5.74, 6) is 0.614. The van der Waals surface area contributed by atoms with Crippen LogP contribution in [-0.4, -0.2) is 24.5 Å². The lowest BCUT2D eigenvalue weighted by atomic mass is 10.4. The van der Waals surface area contributed by atoms with Gasteiger partial charge in [0.15, 0.2) is 11.7 Å². The normalized spacial score (nSPS) is 12.5. The second-order valence-corrected chi connectivity index (χ2v) is 7.05. The van der Waals surface area contributed by atoms with Crippen molar-refractivity contribution in [3.63, 3.8) is 0 Å². The molecule has 0 bridgehead atoms. The van der Waals surface area contributed by atoms with E-state index in [4.69, 9.17) is 0 Å². The topological polar surface area (TPSA) is 49.3 Å². The zero-order valence-corrected chi connectivity index (χ0v) is 14.3. The van der Waals surface area contributed by atoms with Gasteiger partial charge in [0, 0.05) is 35.1 Å². The van der Waals surface area contributed by atoms with Gasteiger partial charge in [0.1, 0.15) is 0 Å². The molecule has 126 valence electrons. The third-order valence-electron chi connectivity index (χ3n) is 2.92. The highest BCUT2D eigenvalue weighted by Crippen LogP contribution is 2.29. The van der Waals surface area contributed by atoms with Gasteiger partial charge in [0.2, 0.25) is 0 Å². The Morgan fingerprint density at radius 1 is 1.30 bits per heavy atom. The molecular formula is C14H17F3N4S2. The molecule has 0 fully saturated rings. The lowest BCUT2D eigenvalue weighted by Gasteiger charge is -2.10. The largest absolute Gasteiger partial charge is 0.434 e. The van der Waals surface area contributed by atoms with Gasteiger partial charge in [-0.25, -0.2) is 4.98 Å². The van der Waals surface area contributed by atoms with Crippen LogP contribution in [0, 0.1) is 6.92 Å². The summed E-state index contributed by atoms with van der Waals surface area (Å²) in [5, 5.41) is 7.74. The van der Waals surface area contributed by atoms with Crippen LogP contribution < -0.4 is 10.6 Å². The number of thiazole rings is 1. The van der Waals surface area contributed by atoms with Crippen molar-refractivity contribution in [1.82, 2.24) is 15.6 Å². The Kier molecular flexibility index (Phi) is 6.00. The summed E-state index contributed by atoms with van der Waals surface area (Å²) < 4.78 is 37.4. The summed E-state index contributed by atoms with van der Waals surface area (Å²) in [6.07, 6.45) is -3.96. The monoisotopic (exact) mass is 362 g/mol. The van der Waals surface area contributed by atoms with Gasteiger partial charge in [-0.05, 0) is 19.1 Å². The van der Waals surface area contributed by atoms with E-state index >= 15 is 0 Å². The molecule has 0 aliphatic rings.